The Morgan fingerprint density at radius 1 is 1.35 bits per heavy atom. The Hall–Kier alpha value is -1.55. The van der Waals surface area contributed by atoms with Crippen molar-refractivity contribution in [3.63, 3.8) is 0 Å². The van der Waals surface area contributed by atoms with Gasteiger partial charge in [-0.2, -0.15) is 0 Å². The van der Waals surface area contributed by atoms with Gasteiger partial charge in [0.05, 0.1) is 22.9 Å². The average molecular weight is 304 g/mol. The summed E-state index contributed by atoms with van der Waals surface area (Å²) in [6, 6.07) is 5.13. The number of aliphatic hydroxyl groups excluding tert-OH is 1. The second kappa shape index (κ2) is 6.27. The Bertz CT molecular complexity index is 567. The van der Waals surface area contributed by atoms with Crippen LogP contribution in [0.5, 0.6) is 0 Å². The van der Waals surface area contributed by atoms with Gasteiger partial charge in [-0.05, 0) is 12.5 Å². The first kappa shape index (κ1) is 16.5. The van der Waals surface area contributed by atoms with Crippen molar-refractivity contribution in [2.24, 2.45) is 0 Å². The number of nitrogens with zero attached hydrogens (tertiary/aromatic N) is 1. The first-order chi connectivity index (χ1) is 9.15. The lowest BCUT2D eigenvalue weighted by Gasteiger charge is -2.20. The molecular weight excluding hydrogens is 288 g/mol. The number of nitro benzene ring substituents is 1. The molecule has 0 heterocycles. The van der Waals surface area contributed by atoms with Crippen molar-refractivity contribution in [3.05, 3.63) is 39.9 Å². The summed E-state index contributed by atoms with van der Waals surface area (Å²) in [5, 5.41) is 28.8. The first-order valence-corrected chi connectivity index (χ1v) is 7.34. The summed E-state index contributed by atoms with van der Waals surface area (Å²) in [7, 11) is -3.70. The molecule has 0 saturated carbocycles. The van der Waals surface area contributed by atoms with Gasteiger partial charge in [0.25, 0.3) is 5.69 Å². The fourth-order valence-corrected chi connectivity index (χ4v) is 2.57. The Labute approximate surface area is 116 Å². The van der Waals surface area contributed by atoms with Gasteiger partial charge in [-0.25, -0.2) is 13.1 Å². The molecule has 1 aromatic carbocycles. The van der Waals surface area contributed by atoms with Gasteiger partial charge >= 0.3 is 0 Å². The van der Waals surface area contributed by atoms with Gasteiger partial charge in [0.2, 0.25) is 10.0 Å². The van der Waals surface area contributed by atoms with Crippen LogP contribution in [-0.2, 0) is 15.8 Å². The second-order valence-corrected chi connectivity index (χ2v) is 6.47. The lowest BCUT2D eigenvalue weighted by atomic mass is 10.1. The van der Waals surface area contributed by atoms with Crippen molar-refractivity contribution < 1.29 is 23.6 Å². The number of non-ortho nitro benzene ring substituents is 1. The molecule has 1 atom stereocenters. The van der Waals surface area contributed by atoms with Gasteiger partial charge in [0.15, 0.2) is 0 Å². The first-order valence-electron chi connectivity index (χ1n) is 5.69. The van der Waals surface area contributed by atoms with E-state index in [-0.39, 0.29) is 18.0 Å². The summed E-state index contributed by atoms with van der Waals surface area (Å²) in [5.41, 5.74) is -1.28. The van der Waals surface area contributed by atoms with E-state index in [0.29, 0.717) is 5.56 Å². The van der Waals surface area contributed by atoms with Crippen molar-refractivity contribution in [1.82, 2.24) is 4.72 Å². The maximum absolute atomic E-state index is 11.7. The third-order valence-corrected chi connectivity index (χ3v) is 3.81. The molecular formula is C11H16N2O6S. The van der Waals surface area contributed by atoms with Crippen molar-refractivity contribution in [3.8, 4) is 0 Å². The van der Waals surface area contributed by atoms with E-state index < -0.39 is 27.2 Å². The topological polar surface area (TPSA) is 130 Å². The van der Waals surface area contributed by atoms with Crippen molar-refractivity contribution in [1.29, 1.82) is 0 Å². The van der Waals surface area contributed by atoms with E-state index in [1.807, 2.05) is 0 Å². The summed E-state index contributed by atoms with van der Waals surface area (Å²) in [5.74, 6) is -0.369. The molecule has 0 spiro atoms. The maximum atomic E-state index is 11.7. The standard InChI is InChI=1S/C11H16N2O6S/c1-11(15,8-14)7-12-20(18,19)6-9-2-4-10(5-3-9)13(16)17/h2-5,12,14-15H,6-8H2,1H3. The van der Waals surface area contributed by atoms with Crippen molar-refractivity contribution in [2.75, 3.05) is 13.2 Å². The zero-order chi connectivity index (χ0) is 15.4. The quantitative estimate of drug-likeness (QED) is 0.471. The molecule has 0 aliphatic carbocycles. The SMILES string of the molecule is CC(O)(CO)CNS(=O)(=O)Cc1ccc([N+](=O)[O-])cc1. The smallest absolute Gasteiger partial charge is 0.269 e. The Morgan fingerprint density at radius 2 is 1.90 bits per heavy atom. The summed E-state index contributed by atoms with van der Waals surface area (Å²) in [6.45, 7) is 0.396. The van der Waals surface area contributed by atoms with Crippen molar-refractivity contribution in [2.45, 2.75) is 18.3 Å². The lowest BCUT2D eigenvalue weighted by Crippen LogP contribution is -2.43. The molecule has 3 N–H and O–H groups in total. The molecule has 1 rings (SSSR count). The minimum Gasteiger partial charge on any atom is -0.393 e. The highest BCUT2D eigenvalue weighted by atomic mass is 32.2. The molecule has 0 fully saturated rings. The molecule has 112 valence electrons. The van der Waals surface area contributed by atoms with Gasteiger partial charge in [-0.1, -0.05) is 12.1 Å². The predicted octanol–water partition coefficient (Wildman–Crippen LogP) is -0.242. The minimum absolute atomic E-state index is 0.123. The van der Waals surface area contributed by atoms with Crippen LogP contribution in [0, 0.1) is 10.1 Å². The van der Waals surface area contributed by atoms with E-state index in [0.717, 1.165) is 0 Å². The Balaban J connectivity index is 2.69. The van der Waals surface area contributed by atoms with Crippen LogP contribution in [0.3, 0.4) is 0 Å². The molecule has 20 heavy (non-hydrogen) atoms. The van der Waals surface area contributed by atoms with Gasteiger partial charge in [0, 0.05) is 18.7 Å². The summed E-state index contributed by atoms with van der Waals surface area (Å²) >= 11 is 0. The molecule has 9 heteroatoms. The predicted molar refractivity (Wildman–Crippen MR) is 71.4 cm³/mol. The average Bonchev–Trinajstić information content (AvgIpc) is 2.37. The van der Waals surface area contributed by atoms with Crippen LogP contribution in [0.15, 0.2) is 24.3 Å². The number of rotatable bonds is 7. The normalized spacial score (nSPS) is 14.8. The third kappa shape index (κ3) is 5.21. The molecule has 0 amide bonds. The van der Waals surface area contributed by atoms with E-state index in [2.05, 4.69) is 4.72 Å². The number of nitrogens with one attached hydrogen (secondary N) is 1. The molecule has 0 saturated heterocycles. The molecule has 0 radical (unpaired) electrons. The van der Waals surface area contributed by atoms with Gasteiger partial charge in [0.1, 0.15) is 0 Å². The Morgan fingerprint density at radius 3 is 2.35 bits per heavy atom. The second-order valence-electron chi connectivity index (χ2n) is 4.66. The van der Waals surface area contributed by atoms with E-state index in [1.54, 1.807) is 0 Å². The maximum Gasteiger partial charge on any atom is 0.269 e. The zero-order valence-corrected chi connectivity index (χ0v) is 11.6. The Kier molecular flexibility index (Phi) is 5.17. The van der Waals surface area contributed by atoms with Crippen LogP contribution in [0.4, 0.5) is 5.69 Å². The molecule has 8 nitrogen and oxygen atoms in total. The van der Waals surface area contributed by atoms with E-state index in [4.69, 9.17) is 5.11 Å². The number of nitro groups is 1. The number of aliphatic hydroxyl groups is 2. The highest BCUT2D eigenvalue weighted by Gasteiger charge is 2.22. The van der Waals surface area contributed by atoms with E-state index >= 15 is 0 Å². The number of sulfonamides is 1. The monoisotopic (exact) mass is 304 g/mol. The fraction of sp³-hybridized carbons (Fsp3) is 0.455. The van der Waals surface area contributed by atoms with Gasteiger partial charge in [-0.15, -0.1) is 0 Å². The van der Waals surface area contributed by atoms with E-state index in [9.17, 15) is 23.6 Å². The number of benzene rings is 1. The molecule has 0 bridgehead atoms. The third-order valence-electron chi connectivity index (χ3n) is 2.52. The highest BCUT2D eigenvalue weighted by Crippen LogP contribution is 2.13. The van der Waals surface area contributed by atoms with E-state index in [1.165, 1.54) is 31.2 Å². The summed E-state index contributed by atoms with van der Waals surface area (Å²) in [6.07, 6.45) is 0. The molecule has 0 aliphatic heterocycles. The molecule has 1 aromatic rings. The van der Waals surface area contributed by atoms with Crippen LogP contribution in [0.2, 0.25) is 0 Å². The minimum atomic E-state index is -3.70. The number of hydrogen-bond acceptors (Lipinski definition) is 6. The van der Waals surface area contributed by atoms with Crippen LogP contribution in [0.1, 0.15) is 12.5 Å². The summed E-state index contributed by atoms with van der Waals surface area (Å²) in [4.78, 5) is 9.89. The fourth-order valence-electron chi connectivity index (χ4n) is 1.31. The van der Waals surface area contributed by atoms with Gasteiger partial charge in [-0.3, -0.25) is 10.1 Å². The zero-order valence-electron chi connectivity index (χ0n) is 10.8. The van der Waals surface area contributed by atoms with Crippen LogP contribution >= 0.6 is 0 Å². The highest BCUT2D eigenvalue weighted by molar-refractivity contribution is 7.88. The van der Waals surface area contributed by atoms with Gasteiger partial charge < -0.3 is 10.2 Å². The number of hydrogen-bond donors (Lipinski definition) is 3. The molecule has 0 aromatic heterocycles. The summed E-state index contributed by atoms with van der Waals surface area (Å²) < 4.78 is 25.7. The molecule has 0 aliphatic rings. The van der Waals surface area contributed by atoms with Crippen LogP contribution in [0.25, 0.3) is 0 Å². The van der Waals surface area contributed by atoms with Crippen LogP contribution in [-0.4, -0.2) is 42.3 Å². The lowest BCUT2D eigenvalue weighted by molar-refractivity contribution is -0.384. The van der Waals surface area contributed by atoms with Crippen molar-refractivity contribution >= 4 is 15.7 Å². The molecule has 1 unspecified atom stereocenters. The van der Waals surface area contributed by atoms with Crippen LogP contribution < -0.4 is 4.72 Å². The largest absolute Gasteiger partial charge is 0.393 e.